The Bertz CT molecular complexity index is 1000. The van der Waals surface area contributed by atoms with Gasteiger partial charge in [0.05, 0.1) is 24.2 Å². The third kappa shape index (κ3) is 2.99. The molecule has 0 radical (unpaired) electrons. The first-order valence-corrected chi connectivity index (χ1v) is 8.55. The van der Waals surface area contributed by atoms with E-state index in [1.54, 1.807) is 6.33 Å². The highest BCUT2D eigenvalue weighted by molar-refractivity contribution is 5.79. The maximum atomic E-state index is 5.50. The second-order valence-corrected chi connectivity index (χ2v) is 5.92. The summed E-state index contributed by atoms with van der Waals surface area (Å²) in [5.74, 6) is 1.61. The summed E-state index contributed by atoms with van der Waals surface area (Å²) in [5, 5.41) is 4.24. The molecule has 2 heterocycles. The van der Waals surface area contributed by atoms with Crippen LogP contribution in [0.15, 0.2) is 71.6 Å². The summed E-state index contributed by atoms with van der Waals surface area (Å²) >= 11 is 0. The van der Waals surface area contributed by atoms with Crippen molar-refractivity contribution in [3.05, 3.63) is 72.9 Å². The number of aryl methyl sites for hydroxylation is 1. The van der Waals surface area contributed by atoms with Crippen molar-refractivity contribution in [1.82, 2.24) is 14.7 Å². The summed E-state index contributed by atoms with van der Waals surface area (Å²) in [6.07, 6.45) is 3.79. The monoisotopic (exact) mass is 345 g/mol. The molecular formula is C21H19N3O2. The molecular weight excluding hydrogens is 326 g/mol. The largest absolute Gasteiger partial charge is 0.494 e. The molecule has 0 N–H and O–H groups in total. The van der Waals surface area contributed by atoms with Crippen molar-refractivity contribution in [3.63, 3.8) is 0 Å². The lowest BCUT2D eigenvalue weighted by molar-refractivity contribution is 0.340. The number of aromatic nitrogens is 3. The molecule has 0 saturated carbocycles. The Morgan fingerprint density at radius 3 is 2.54 bits per heavy atom. The number of nitrogens with zero attached hydrogens (tertiary/aromatic N) is 3. The first-order valence-electron chi connectivity index (χ1n) is 8.55. The number of rotatable bonds is 5. The molecule has 26 heavy (non-hydrogen) atoms. The summed E-state index contributed by atoms with van der Waals surface area (Å²) < 4.78 is 12.9. The molecule has 0 aliphatic carbocycles. The zero-order valence-corrected chi connectivity index (χ0v) is 14.7. The zero-order valence-electron chi connectivity index (χ0n) is 14.7. The summed E-state index contributed by atoms with van der Waals surface area (Å²) in [5.41, 5.74) is 4.58. The third-order valence-electron chi connectivity index (χ3n) is 4.19. The van der Waals surface area contributed by atoms with Crippen LogP contribution in [0.4, 0.5) is 0 Å². The van der Waals surface area contributed by atoms with Crippen molar-refractivity contribution in [2.24, 2.45) is 0 Å². The molecule has 130 valence electrons. The average molecular weight is 345 g/mol. The molecule has 0 atom stereocenters. The molecule has 0 aliphatic heterocycles. The molecule has 0 amide bonds. The van der Waals surface area contributed by atoms with E-state index >= 15 is 0 Å². The van der Waals surface area contributed by atoms with Gasteiger partial charge in [0.25, 0.3) is 0 Å². The van der Waals surface area contributed by atoms with Gasteiger partial charge in [-0.15, -0.1) is 0 Å². The Morgan fingerprint density at radius 1 is 1.04 bits per heavy atom. The van der Waals surface area contributed by atoms with E-state index in [4.69, 9.17) is 9.26 Å². The lowest BCUT2D eigenvalue weighted by Crippen LogP contribution is -1.93. The van der Waals surface area contributed by atoms with Crippen LogP contribution >= 0.6 is 0 Å². The van der Waals surface area contributed by atoms with E-state index in [2.05, 4.69) is 10.1 Å². The second-order valence-electron chi connectivity index (χ2n) is 5.92. The fourth-order valence-electron chi connectivity index (χ4n) is 2.94. The van der Waals surface area contributed by atoms with Crippen LogP contribution in [0.2, 0.25) is 0 Å². The quantitative estimate of drug-likeness (QED) is 0.516. The Hall–Kier alpha value is -3.34. The van der Waals surface area contributed by atoms with Crippen molar-refractivity contribution < 1.29 is 9.26 Å². The number of imidazole rings is 1. The molecule has 0 aliphatic rings. The second kappa shape index (κ2) is 6.88. The van der Waals surface area contributed by atoms with Crippen LogP contribution in [0.5, 0.6) is 5.75 Å². The fraction of sp³-hybridized carbons (Fsp3) is 0.143. The van der Waals surface area contributed by atoms with E-state index in [1.807, 2.05) is 79.2 Å². The van der Waals surface area contributed by atoms with Gasteiger partial charge in [-0.25, -0.2) is 4.98 Å². The van der Waals surface area contributed by atoms with E-state index in [9.17, 15) is 0 Å². The first kappa shape index (κ1) is 16.1. The zero-order chi connectivity index (χ0) is 17.9. The molecule has 2 aromatic heterocycles. The van der Waals surface area contributed by atoms with E-state index in [1.165, 1.54) is 0 Å². The van der Waals surface area contributed by atoms with Crippen LogP contribution in [-0.2, 0) is 0 Å². The Kier molecular flexibility index (Phi) is 4.27. The lowest BCUT2D eigenvalue weighted by atomic mass is 10.0. The van der Waals surface area contributed by atoms with Crippen molar-refractivity contribution in [1.29, 1.82) is 0 Å². The van der Waals surface area contributed by atoms with Gasteiger partial charge in [0.1, 0.15) is 17.2 Å². The molecule has 0 bridgehead atoms. The summed E-state index contributed by atoms with van der Waals surface area (Å²) in [6.45, 7) is 4.54. The van der Waals surface area contributed by atoms with Crippen molar-refractivity contribution in [2.45, 2.75) is 13.8 Å². The molecule has 0 spiro atoms. The average Bonchev–Trinajstić information content (AvgIpc) is 3.30. The minimum Gasteiger partial charge on any atom is -0.494 e. The van der Waals surface area contributed by atoms with Gasteiger partial charge < -0.3 is 13.8 Å². The minimum absolute atomic E-state index is 0.656. The Morgan fingerprint density at radius 2 is 1.81 bits per heavy atom. The van der Waals surface area contributed by atoms with Crippen LogP contribution in [0, 0.1) is 6.92 Å². The SMILES string of the molecule is CCOc1ccc(-n2cnc(-c3c(-c4ccccc4)noc3C)c2)cc1. The summed E-state index contributed by atoms with van der Waals surface area (Å²) in [7, 11) is 0. The highest BCUT2D eigenvalue weighted by Gasteiger charge is 2.18. The third-order valence-corrected chi connectivity index (χ3v) is 4.19. The minimum atomic E-state index is 0.656. The highest BCUT2D eigenvalue weighted by Crippen LogP contribution is 2.33. The number of hydrogen-bond acceptors (Lipinski definition) is 4. The smallest absolute Gasteiger partial charge is 0.143 e. The van der Waals surface area contributed by atoms with Crippen LogP contribution < -0.4 is 4.74 Å². The van der Waals surface area contributed by atoms with Gasteiger partial charge >= 0.3 is 0 Å². The van der Waals surface area contributed by atoms with Gasteiger partial charge in [0.2, 0.25) is 0 Å². The first-order chi connectivity index (χ1) is 12.8. The molecule has 0 fully saturated rings. The van der Waals surface area contributed by atoms with Crippen molar-refractivity contribution in [2.75, 3.05) is 6.61 Å². The lowest BCUT2D eigenvalue weighted by Gasteiger charge is -2.05. The van der Waals surface area contributed by atoms with E-state index in [0.717, 1.165) is 39.7 Å². The van der Waals surface area contributed by atoms with Crippen LogP contribution in [0.1, 0.15) is 12.7 Å². The molecule has 5 nitrogen and oxygen atoms in total. The van der Waals surface area contributed by atoms with Crippen molar-refractivity contribution >= 4 is 0 Å². The van der Waals surface area contributed by atoms with Gasteiger partial charge in [-0.3, -0.25) is 0 Å². The normalized spacial score (nSPS) is 10.8. The topological polar surface area (TPSA) is 53.1 Å². The van der Waals surface area contributed by atoms with Gasteiger partial charge in [-0.2, -0.15) is 0 Å². The number of benzene rings is 2. The molecule has 0 saturated heterocycles. The molecule has 4 aromatic rings. The maximum absolute atomic E-state index is 5.50. The summed E-state index contributed by atoms with van der Waals surface area (Å²) in [4.78, 5) is 4.57. The molecule has 2 aromatic carbocycles. The maximum Gasteiger partial charge on any atom is 0.143 e. The number of ether oxygens (including phenoxy) is 1. The van der Waals surface area contributed by atoms with E-state index in [0.29, 0.717) is 6.61 Å². The number of hydrogen-bond donors (Lipinski definition) is 0. The molecule has 4 rings (SSSR count). The van der Waals surface area contributed by atoms with Gasteiger partial charge in [0.15, 0.2) is 0 Å². The van der Waals surface area contributed by atoms with Gasteiger partial charge in [-0.1, -0.05) is 35.5 Å². The fourth-order valence-corrected chi connectivity index (χ4v) is 2.94. The Balaban J connectivity index is 1.70. The molecule has 5 heteroatoms. The predicted molar refractivity (Wildman–Crippen MR) is 100 cm³/mol. The van der Waals surface area contributed by atoms with Gasteiger partial charge in [-0.05, 0) is 38.1 Å². The van der Waals surface area contributed by atoms with Crippen LogP contribution in [0.25, 0.3) is 28.2 Å². The standard InChI is InChI=1S/C21H19N3O2/c1-3-25-18-11-9-17(10-12-18)24-13-19(22-14-24)20-15(2)26-23-21(20)16-7-5-4-6-8-16/h4-14H,3H2,1-2H3. The predicted octanol–water partition coefficient (Wildman–Crippen LogP) is 4.90. The van der Waals surface area contributed by atoms with Crippen molar-refractivity contribution in [3.8, 4) is 34.0 Å². The van der Waals surface area contributed by atoms with Crippen LogP contribution in [-0.4, -0.2) is 21.3 Å². The van der Waals surface area contributed by atoms with Gasteiger partial charge in [0, 0.05) is 17.4 Å². The molecule has 0 unspecified atom stereocenters. The Labute approximate surface area is 151 Å². The highest BCUT2D eigenvalue weighted by atomic mass is 16.5. The van der Waals surface area contributed by atoms with E-state index in [-0.39, 0.29) is 0 Å². The summed E-state index contributed by atoms with van der Waals surface area (Å²) in [6, 6.07) is 17.9. The van der Waals surface area contributed by atoms with Crippen LogP contribution in [0.3, 0.4) is 0 Å². The van der Waals surface area contributed by atoms with E-state index < -0.39 is 0 Å².